The molecule has 0 fully saturated rings. The summed E-state index contributed by atoms with van der Waals surface area (Å²) in [6.07, 6.45) is 0.489. The number of alkyl carbamates (subject to hydrolysis) is 1. The van der Waals surface area contributed by atoms with Gasteiger partial charge >= 0.3 is 6.09 Å². The van der Waals surface area contributed by atoms with E-state index in [2.05, 4.69) is 5.32 Å². The molecule has 0 aliphatic rings. The van der Waals surface area contributed by atoms with Crippen LogP contribution in [0.3, 0.4) is 0 Å². The third-order valence-corrected chi connectivity index (χ3v) is 3.67. The van der Waals surface area contributed by atoms with Crippen molar-refractivity contribution in [3.8, 4) is 0 Å². The van der Waals surface area contributed by atoms with Crippen molar-refractivity contribution in [2.45, 2.75) is 52.2 Å². The van der Waals surface area contributed by atoms with Crippen LogP contribution in [0, 0.1) is 0 Å². The summed E-state index contributed by atoms with van der Waals surface area (Å²) in [6.45, 7) is 7.67. The zero-order chi connectivity index (χ0) is 18.3. The number of amides is 2. The summed E-state index contributed by atoms with van der Waals surface area (Å²) in [5.74, 6) is 0.00718. The Morgan fingerprint density at radius 3 is 2.50 bits per heavy atom. The molecule has 134 valence electrons. The van der Waals surface area contributed by atoms with E-state index < -0.39 is 11.7 Å². The smallest absolute Gasteiger partial charge is 0.407 e. The summed E-state index contributed by atoms with van der Waals surface area (Å²) in [5.41, 5.74) is 0.418. The number of ether oxygens (including phenoxy) is 1. The van der Waals surface area contributed by atoms with Crippen LogP contribution in [-0.2, 0) is 16.0 Å². The van der Waals surface area contributed by atoms with Gasteiger partial charge in [-0.2, -0.15) is 0 Å². The Hall–Kier alpha value is -1.75. The van der Waals surface area contributed by atoms with E-state index in [9.17, 15) is 9.59 Å². The Labute approximate surface area is 149 Å². The monoisotopic (exact) mass is 354 g/mol. The second-order valence-electron chi connectivity index (χ2n) is 6.91. The van der Waals surface area contributed by atoms with Gasteiger partial charge in [0.15, 0.2) is 0 Å². The molecule has 0 radical (unpaired) electrons. The zero-order valence-electron chi connectivity index (χ0n) is 15.1. The van der Waals surface area contributed by atoms with E-state index >= 15 is 0 Å². The third kappa shape index (κ3) is 7.68. The van der Waals surface area contributed by atoms with Crippen LogP contribution in [-0.4, -0.2) is 42.1 Å². The number of carbonyl (C=O) groups is 2. The molecule has 6 heteroatoms. The van der Waals surface area contributed by atoms with Crippen molar-refractivity contribution >= 4 is 23.6 Å². The molecule has 0 spiro atoms. The van der Waals surface area contributed by atoms with Gasteiger partial charge in [-0.3, -0.25) is 4.79 Å². The maximum Gasteiger partial charge on any atom is 0.407 e. The number of hydrogen-bond acceptors (Lipinski definition) is 3. The minimum absolute atomic E-state index is 0.00718. The van der Waals surface area contributed by atoms with Crippen LogP contribution in [0.2, 0.25) is 5.02 Å². The molecule has 1 atom stereocenters. The molecule has 5 nitrogen and oxygen atoms in total. The molecule has 0 heterocycles. The number of rotatable bonds is 6. The fourth-order valence-electron chi connectivity index (χ4n) is 2.20. The maximum atomic E-state index is 12.2. The van der Waals surface area contributed by atoms with Gasteiger partial charge in [-0.25, -0.2) is 4.79 Å². The van der Waals surface area contributed by atoms with Gasteiger partial charge in [-0.05, 0) is 45.7 Å². The molecule has 0 saturated heterocycles. The van der Waals surface area contributed by atoms with E-state index in [4.69, 9.17) is 16.3 Å². The summed E-state index contributed by atoms with van der Waals surface area (Å²) in [6, 6.07) is 7.31. The first-order chi connectivity index (χ1) is 11.1. The number of aryl methyl sites for hydroxylation is 1. The fourth-order valence-corrected chi connectivity index (χ4v) is 2.43. The zero-order valence-corrected chi connectivity index (χ0v) is 15.8. The molecule has 0 aliphatic heterocycles. The number of halogens is 1. The van der Waals surface area contributed by atoms with Crippen LogP contribution in [0.5, 0.6) is 0 Å². The van der Waals surface area contributed by atoms with Crippen molar-refractivity contribution in [1.29, 1.82) is 0 Å². The van der Waals surface area contributed by atoms with E-state index in [1.807, 2.05) is 52.0 Å². The molecule has 1 unspecified atom stereocenters. The normalized spacial score (nSPS) is 12.4. The minimum Gasteiger partial charge on any atom is -0.444 e. The lowest BCUT2D eigenvalue weighted by Crippen LogP contribution is -2.44. The average Bonchev–Trinajstić information content (AvgIpc) is 2.43. The highest BCUT2D eigenvalue weighted by molar-refractivity contribution is 6.31. The van der Waals surface area contributed by atoms with Gasteiger partial charge in [0.1, 0.15) is 5.60 Å². The molecule has 2 amide bonds. The van der Waals surface area contributed by atoms with E-state index in [0.717, 1.165) is 5.56 Å². The van der Waals surface area contributed by atoms with Crippen molar-refractivity contribution in [1.82, 2.24) is 10.2 Å². The highest BCUT2D eigenvalue weighted by Crippen LogP contribution is 2.16. The summed E-state index contributed by atoms with van der Waals surface area (Å²) in [5, 5.41) is 3.40. The largest absolute Gasteiger partial charge is 0.444 e. The molecule has 1 rings (SSSR count). The van der Waals surface area contributed by atoms with Gasteiger partial charge in [0.05, 0.1) is 0 Å². The predicted octanol–water partition coefficient (Wildman–Crippen LogP) is 3.64. The summed E-state index contributed by atoms with van der Waals surface area (Å²) in [7, 11) is 1.72. The Morgan fingerprint density at radius 2 is 1.92 bits per heavy atom. The van der Waals surface area contributed by atoms with Crippen LogP contribution >= 0.6 is 11.6 Å². The predicted molar refractivity (Wildman–Crippen MR) is 96.2 cm³/mol. The van der Waals surface area contributed by atoms with Crippen molar-refractivity contribution < 1.29 is 14.3 Å². The van der Waals surface area contributed by atoms with Crippen LogP contribution < -0.4 is 5.32 Å². The Morgan fingerprint density at radius 1 is 1.29 bits per heavy atom. The van der Waals surface area contributed by atoms with Crippen LogP contribution in [0.1, 0.15) is 39.7 Å². The average molecular weight is 355 g/mol. The molecule has 0 aliphatic carbocycles. The lowest BCUT2D eigenvalue weighted by atomic mass is 10.1. The Kier molecular flexibility index (Phi) is 7.55. The van der Waals surface area contributed by atoms with E-state index in [1.54, 1.807) is 11.9 Å². The second kappa shape index (κ2) is 8.92. The summed E-state index contributed by atoms with van der Waals surface area (Å²) < 4.78 is 5.20. The van der Waals surface area contributed by atoms with Crippen LogP contribution in [0.4, 0.5) is 4.79 Å². The second-order valence-corrected chi connectivity index (χ2v) is 7.32. The first-order valence-corrected chi connectivity index (χ1v) is 8.43. The van der Waals surface area contributed by atoms with Crippen molar-refractivity contribution in [2.75, 3.05) is 13.6 Å². The number of nitrogens with one attached hydrogen (secondary N) is 1. The highest BCUT2D eigenvalue weighted by Gasteiger charge is 2.19. The molecule has 1 aromatic carbocycles. The summed E-state index contributed by atoms with van der Waals surface area (Å²) >= 11 is 6.10. The van der Waals surface area contributed by atoms with E-state index in [-0.39, 0.29) is 11.9 Å². The van der Waals surface area contributed by atoms with Gasteiger partial charge in [-0.1, -0.05) is 29.8 Å². The van der Waals surface area contributed by atoms with Crippen molar-refractivity contribution in [2.24, 2.45) is 0 Å². The highest BCUT2D eigenvalue weighted by atomic mass is 35.5. The maximum absolute atomic E-state index is 12.2. The topological polar surface area (TPSA) is 58.6 Å². The van der Waals surface area contributed by atoms with Crippen molar-refractivity contribution in [3.63, 3.8) is 0 Å². The molecule has 0 bridgehead atoms. The number of likely N-dealkylation sites (N-methyl/N-ethyl adjacent to an activating group) is 1. The quantitative estimate of drug-likeness (QED) is 0.848. The van der Waals surface area contributed by atoms with E-state index in [0.29, 0.717) is 24.4 Å². The van der Waals surface area contributed by atoms with Crippen LogP contribution in [0.25, 0.3) is 0 Å². The number of hydrogen-bond donors (Lipinski definition) is 1. The fraction of sp³-hybridized carbons (Fsp3) is 0.556. The third-order valence-electron chi connectivity index (χ3n) is 3.30. The lowest BCUT2D eigenvalue weighted by molar-refractivity contribution is -0.130. The Bertz CT molecular complexity index is 570. The Balaban J connectivity index is 2.40. The van der Waals surface area contributed by atoms with Crippen molar-refractivity contribution in [3.05, 3.63) is 34.9 Å². The lowest BCUT2D eigenvalue weighted by Gasteiger charge is -2.25. The summed E-state index contributed by atoms with van der Waals surface area (Å²) in [4.78, 5) is 25.5. The number of nitrogens with zero attached hydrogens (tertiary/aromatic N) is 1. The molecule has 1 aromatic rings. The molecule has 0 saturated carbocycles. The standard InChI is InChI=1S/C18H27ClN2O3/c1-13(20-17(23)24-18(2,3)4)12-21(5)16(22)11-10-14-8-6-7-9-15(14)19/h6-9,13H,10-12H2,1-5H3,(H,20,23). The van der Waals surface area contributed by atoms with Gasteiger partial charge in [-0.15, -0.1) is 0 Å². The van der Waals surface area contributed by atoms with Gasteiger partial charge in [0.2, 0.25) is 5.91 Å². The minimum atomic E-state index is -0.541. The first kappa shape index (κ1) is 20.3. The van der Waals surface area contributed by atoms with Crippen LogP contribution in [0.15, 0.2) is 24.3 Å². The van der Waals surface area contributed by atoms with Gasteiger partial charge in [0, 0.05) is 31.1 Å². The first-order valence-electron chi connectivity index (χ1n) is 8.05. The van der Waals surface area contributed by atoms with Gasteiger partial charge < -0.3 is 15.0 Å². The number of carbonyl (C=O) groups excluding carboxylic acids is 2. The van der Waals surface area contributed by atoms with Gasteiger partial charge in [0.25, 0.3) is 0 Å². The molecule has 0 aromatic heterocycles. The molecular weight excluding hydrogens is 328 g/mol. The van der Waals surface area contributed by atoms with E-state index in [1.165, 1.54) is 0 Å². The molecule has 24 heavy (non-hydrogen) atoms. The molecule has 1 N–H and O–H groups in total. The molecular formula is C18H27ClN2O3. The SMILES string of the molecule is CC(CN(C)C(=O)CCc1ccccc1Cl)NC(=O)OC(C)(C)C. The number of benzene rings is 1.